The number of rotatable bonds is 6. The van der Waals surface area contributed by atoms with Crippen molar-refractivity contribution in [1.82, 2.24) is 0 Å². The van der Waals surface area contributed by atoms with Crippen LogP contribution < -0.4 is 0 Å². The van der Waals surface area contributed by atoms with Crippen molar-refractivity contribution in [2.45, 2.75) is 32.6 Å². The van der Waals surface area contributed by atoms with Crippen LogP contribution in [-0.2, 0) is 14.3 Å². The molecule has 0 aliphatic heterocycles. The number of esters is 1. The van der Waals surface area contributed by atoms with Crippen LogP contribution in [0.2, 0.25) is 0 Å². The van der Waals surface area contributed by atoms with Crippen LogP contribution >= 0.6 is 0 Å². The monoisotopic (exact) mass is 184 g/mol. The molecule has 3 heteroatoms. The zero-order valence-corrected chi connectivity index (χ0v) is 8.26. The Bertz CT molecular complexity index is 206. The average Bonchev–Trinajstić information content (AvgIpc) is 2.10. The Balaban J connectivity index is 3.48. The quantitative estimate of drug-likeness (QED) is 0.359. The molecule has 0 aliphatic rings. The van der Waals surface area contributed by atoms with E-state index in [1.165, 1.54) is 7.11 Å². The maximum atomic E-state index is 10.9. The lowest BCUT2D eigenvalue weighted by Gasteiger charge is -2.01. The van der Waals surface area contributed by atoms with Crippen molar-refractivity contribution in [3.05, 3.63) is 12.2 Å². The first kappa shape index (κ1) is 11.9. The molecule has 3 nitrogen and oxygen atoms in total. The number of methoxy groups -OCH3 is 1. The van der Waals surface area contributed by atoms with E-state index in [0.717, 1.165) is 12.8 Å². The fraction of sp³-hybridized carbons (Fsp3) is 0.600. The molecule has 0 rings (SSSR count). The summed E-state index contributed by atoms with van der Waals surface area (Å²) in [6.45, 7) is 5.15. The van der Waals surface area contributed by atoms with Crippen LogP contribution in [0.4, 0.5) is 0 Å². The van der Waals surface area contributed by atoms with E-state index in [4.69, 9.17) is 0 Å². The number of ether oxygens (including phenoxy) is 1. The Kier molecular flexibility index (Phi) is 5.85. The second-order valence-electron chi connectivity index (χ2n) is 3.00. The van der Waals surface area contributed by atoms with Crippen LogP contribution in [0, 0.1) is 0 Å². The summed E-state index contributed by atoms with van der Waals surface area (Å²) >= 11 is 0. The van der Waals surface area contributed by atoms with Crippen molar-refractivity contribution in [1.29, 1.82) is 0 Å². The van der Waals surface area contributed by atoms with Crippen LogP contribution in [0.25, 0.3) is 0 Å². The van der Waals surface area contributed by atoms with E-state index in [2.05, 4.69) is 11.3 Å². The fourth-order valence-corrected chi connectivity index (χ4v) is 0.959. The lowest BCUT2D eigenvalue weighted by atomic mass is 10.1. The van der Waals surface area contributed by atoms with Gasteiger partial charge in [0.05, 0.1) is 7.11 Å². The molecule has 0 fully saturated rings. The summed E-state index contributed by atoms with van der Waals surface area (Å²) in [5.74, 6) is -0.175. The van der Waals surface area contributed by atoms with E-state index in [1.54, 1.807) is 6.92 Å². The van der Waals surface area contributed by atoms with E-state index in [9.17, 15) is 9.59 Å². The molecule has 13 heavy (non-hydrogen) atoms. The summed E-state index contributed by atoms with van der Waals surface area (Å²) < 4.78 is 4.48. The number of unbranched alkanes of at least 4 members (excludes halogenated alkanes) is 1. The lowest BCUT2D eigenvalue weighted by Crippen LogP contribution is -2.03. The van der Waals surface area contributed by atoms with Gasteiger partial charge in [-0.1, -0.05) is 6.58 Å². The topological polar surface area (TPSA) is 43.4 Å². The van der Waals surface area contributed by atoms with Gasteiger partial charge in [0.25, 0.3) is 0 Å². The van der Waals surface area contributed by atoms with Crippen molar-refractivity contribution in [3.63, 3.8) is 0 Å². The third kappa shape index (κ3) is 6.08. The highest BCUT2D eigenvalue weighted by atomic mass is 16.5. The number of carbonyl (C=O) groups is 2. The van der Waals surface area contributed by atoms with Crippen molar-refractivity contribution in [3.8, 4) is 0 Å². The molecule has 0 spiro atoms. The molecule has 0 saturated carbocycles. The van der Waals surface area contributed by atoms with Gasteiger partial charge in [0.1, 0.15) is 5.78 Å². The molecule has 0 unspecified atom stereocenters. The molecule has 0 radical (unpaired) electrons. The zero-order chi connectivity index (χ0) is 10.3. The minimum Gasteiger partial charge on any atom is -0.466 e. The Morgan fingerprint density at radius 2 is 1.77 bits per heavy atom. The van der Waals surface area contributed by atoms with Crippen LogP contribution in [0.3, 0.4) is 0 Å². The van der Waals surface area contributed by atoms with Crippen molar-refractivity contribution < 1.29 is 14.3 Å². The van der Waals surface area contributed by atoms with Crippen molar-refractivity contribution in [2.75, 3.05) is 7.11 Å². The maximum Gasteiger partial charge on any atom is 0.333 e. The normalized spacial score (nSPS) is 9.38. The summed E-state index contributed by atoms with van der Waals surface area (Å²) in [6.07, 6.45) is 2.81. The highest BCUT2D eigenvalue weighted by molar-refractivity contribution is 5.87. The molecule has 0 aromatic rings. The molecule has 0 atom stereocenters. The Labute approximate surface area is 78.8 Å². The second-order valence-corrected chi connectivity index (χ2v) is 3.00. The molecule has 0 N–H and O–H groups in total. The highest BCUT2D eigenvalue weighted by Crippen LogP contribution is 2.08. The Morgan fingerprint density at radius 1 is 1.23 bits per heavy atom. The summed E-state index contributed by atoms with van der Waals surface area (Å²) in [7, 11) is 1.34. The molecular formula is C10H16O3. The minimum atomic E-state index is -0.358. The van der Waals surface area contributed by atoms with Gasteiger partial charge >= 0.3 is 5.97 Å². The predicted molar refractivity (Wildman–Crippen MR) is 50.3 cm³/mol. The summed E-state index contributed by atoms with van der Waals surface area (Å²) in [5.41, 5.74) is 0.478. The van der Waals surface area contributed by atoms with E-state index in [1.807, 2.05) is 0 Å². The molecule has 0 heterocycles. The largest absolute Gasteiger partial charge is 0.466 e. The molecule has 74 valence electrons. The minimum absolute atomic E-state index is 0.184. The standard InChI is InChI=1S/C10H16O3/c1-8(10(12)13-3)6-4-5-7-9(2)11/h1,4-7H2,2-3H3. The summed E-state index contributed by atoms with van der Waals surface area (Å²) in [4.78, 5) is 21.4. The van der Waals surface area contributed by atoms with E-state index >= 15 is 0 Å². The maximum absolute atomic E-state index is 10.9. The average molecular weight is 184 g/mol. The Morgan fingerprint density at radius 3 is 2.23 bits per heavy atom. The van der Waals surface area contributed by atoms with Gasteiger partial charge in [-0.25, -0.2) is 4.79 Å². The third-order valence-corrected chi connectivity index (χ3v) is 1.73. The summed E-state index contributed by atoms with van der Waals surface area (Å²) in [5, 5.41) is 0. The molecule has 0 saturated heterocycles. The fourth-order valence-electron chi connectivity index (χ4n) is 0.959. The van der Waals surface area contributed by atoms with Crippen molar-refractivity contribution in [2.24, 2.45) is 0 Å². The van der Waals surface area contributed by atoms with Crippen LogP contribution in [0.5, 0.6) is 0 Å². The SMILES string of the molecule is C=C(CCCCC(C)=O)C(=O)OC. The van der Waals surface area contributed by atoms with Crippen LogP contribution in [0.15, 0.2) is 12.2 Å². The van der Waals surface area contributed by atoms with Crippen LogP contribution in [-0.4, -0.2) is 18.9 Å². The molecule has 0 aliphatic carbocycles. The van der Waals surface area contributed by atoms with Gasteiger partial charge < -0.3 is 9.53 Å². The van der Waals surface area contributed by atoms with Gasteiger partial charge in [0, 0.05) is 12.0 Å². The molecular weight excluding hydrogens is 168 g/mol. The molecule has 0 amide bonds. The molecule has 0 aromatic heterocycles. The first-order chi connectivity index (χ1) is 6.07. The summed E-state index contributed by atoms with van der Waals surface area (Å²) in [6, 6.07) is 0. The van der Waals surface area contributed by atoms with Gasteiger partial charge in [0.15, 0.2) is 0 Å². The van der Waals surface area contributed by atoms with Gasteiger partial charge in [0.2, 0.25) is 0 Å². The van der Waals surface area contributed by atoms with Crippen molar-refractivity contribution >= 4 is 11.8 Å². The van der Waals surface area contributed by atoms with Gasteiger partial charge in [-0.2, -0.15) is 0 Å². The number of ketones is 1. The van der Waals surface area contributed by atoms with E-state index in [0.29, 0.717) is 18.4 Å². The highest BCUT2D eigenvalue weighted by Gasteiger charge is 2.05. The smallest absolute Gasteiger partial charge is 0.333 e. The Hall–Kier alpha value is -1.12. The third-order valence-electron chi connectivity index (χ3n) is 1.73. The predicted octanol–water partition coefficient (Wildman–Crippen LogP) is 1.86. The number of hydrogen-bond donors (Lipinski definition) is 0. The van der Waals surface area contributed by atoms with Gasteiger partial charge in [-0.15, -0.1) is 0 Å². The van der Waals surface area contributed by atoms with Gasteiger partial charge in [-0.05, 0) is 26.2 Å². The number of carbonyl (C=O) groups excluding carboxylic acids is 2. The molecule has 0 bridgehead atoms. The van der Waals surface area contributed by atoms with Gasteiger partial charge in [-0.3, -0.25) is 0 Å². The first-order valence-electron chi connectivity index (χ1n) is 4.33. The lowest BCUT2D eigenvalue weighted by molar-refractivity contribution is -0.136. The first-order valence-corrected chi connectivity index (χ1v) is 4.33. The number of Topliss-reactive ketones (excluding diaryl/α,β-unsaturated/α-hetero) is 1. The van der Waals surface area contributed by atoms with Crippen LogP contribution in [0.1, 0.15) is 32.6 Å². The zero-order valence-electron chi connectivity index (χ0n) is 8.26. The molecule has 0 aromatic carbocycles. The van der Waals surface area contributed by atoms with E-state index in [-0.39, 0.29) is 11.8 Å². The van der Waals surface area contributed by atoms with E-state index < -0.39 is 0 Å². The number of hydrogen-bond acceptors (Lipinski definition) is 3. The second kappa shape index (κ2) is 6.40.